The topological polar surface area (TPSA) is 46.2 Å². The van der Waals surface area contributed by atoms with Gasteiger partial charge in [0.15, 0.2) is 0 Å². The normalized spacial score (nSPS) is 15.4. The lowest BCUT2D eigenvalue weighted by atomic mass is 9.94. The standard InChI is InChI=1S/C10H14BrNO/c1-7(10(12)6-13)8-4-2-3-5-9(8)11/h2-5,7,10,13H,6,12H2,1H3. The summed E-state index contributed by atoms with van der Waals surface area (Å²) in [4.78, 5) is 0. The quantitative estimate of drug-likeness (QED) is 0.852. The van der Waals surface area contributed by atoms with Crippen LogP contribution in [0.3, 0.4) is 0 Å². The van der Waals surface area contributed by atoms with Gasteiger partial charge in [0, 0.05) is 10.5 Å². The third-order valence-corrected chi connectivity index (χ3v) is 2.97. The fourth-order valence-electron chi connectivity index (χ4n) is 1.23. The van der Waals surface area contributed by atoms with Gasteiger partial charge in [-0.2, -0.15) is 0 Å². The smallest absolute Gasteiger partial charge is 0.0588 e. The van der Waals surface area contributed by atoms with Crippen molar-refractivity contribution in [3.05, 3.63) is 34.3 Å². The van der Waals surface area contributed by atoms with E-state index in [9.17, 15) is 0 Å². The predicted molar refractivity (Wildman–Crippen MR) is 57.6 cm³/mol. The highest BCUT2D eigenvalue weighted by molar-refractivity contribution is 9.10. The maximum atomic E-state index is 8.92. The Morgan fingerprint density at radius 2 is 2.08 bits per heavy atom. The highest BCUT2D eigenvalue weighted by Crippen LogP contribution is 2.25. The molecule has 0 aliphatic carbocycles. The van der Waals surface area contributed by atoms with Crippen LogP contribution < -0.4 is 5.73 Å². The van der Waals surface area contributed by atoms with E-state index in [0.29, 0.717) is 0 Å². The van der Waals surface area contributed by atoms with Crippen LogP contribution in [0.1, 0.15) is 18.4 Å². The van der Waals surface area contributed by atoms with Crippen molar-refractivity contribution in [1.29, 1.82) is 0 Å². The van der Waals surface area contributed by atoms with E-state index in [0.717, 1.165) is 10.0 Å². The number of aliphatic hydroxyl groups is 1. The van der Waals surface area contributed by atoms with Gasteiger partial charge in [-0.15, -0.1) is 0 Å². The molecule has 3 heteroatoms. The Balaban J connectivity index is 2.88. The SMILES string of the molecule is CC(c1ccccc1Br)C(N)CO. The van der Waals surface area contributed by atoms with Gasteiger partial charge in [-0.3, -0.25) is 0 Å². The van der Waals surface area contributed by atoms with Crippen molar-refractivity contribution in [3.63, 3.8) is 0 Å². The van der Waals surface area contributed by atoms with Crippen molar-refractivity contribution in [2.45, 2.75) is 18.9 Å². The second-order valence-electron chi connectivity index (χ2n) is 3.16. The lowest BCUT2D eigenvalue weighted by Crippen LogP contribution is -2.30. The minimum absolute atomic E-state index is 0.0164. The molecule has 0 aliphatic heterocycles. The summed E-state index contributed by atoms with van der Waals surface area (Å²) in [7, 11) is 0. The molecule has 0 amide bonds. The maximum absolute atomic E-state index is 8.92. The summed E-state index contributed by atoms with van der Waals surface area (Å²) in [5.74, 6) is 0.167. The highest BCUT2D eigenvalue weighted by Gasteiger charge is 2.15. The van der Waals surface area contributed by atoms with Crippen LogP contribution in [0.25, 0.3) is 0 Å². The Hall–Kier alpha value is -0.380. The average Bonchev–Trinajstić information content (AvgIpc) is 2.16. The van der Waals surface area contributed by atoms with Crippen LogP contribution >= 0.6 is 15.9 Å². The minimum Gasteiger partial charge on any atom is -0.395 e. The van der Waals surface area contributed by atoms with Gasteiger partial charge < -0.3 is 10.8 Å². The molecule has 1 aromatic carbocycles. The van der Waals surface area contributed by atoms with E-state index >= 15 is 0 Å². The van der Waals surface area contributed by atoms with Crippen molar-refractivity contribution in [3.8, 4) is 0 Å². The van der Waals surface area contributed by atoms with Crippen LogP contribution in [0.15, 0.2) is 28.7 Å². The summed E-state index contributed by atoms with van der Waals surface area (Å²) in [6.45, 7) is 2.03. The van der Waals surface area contributed by atoms with Gasteiger partial charge in [0.2, 0.25) is 0 Å². The van der Waals surface area contributed by atoms with Crippen molar-refractivity contribution >= 4 is 15.9 Å². The van der Waals surface area contributed by atoms with Gasteiger partial charge >= 0.3 is 0 Å². The molecule has 2 atom stereocenters. The molecule has 0 aromatic heterocycles. The first-order valence-corrected chi connectivity index (χ1v) is 5.07. The van der Waals surface area contributed by atoms with Gasteiger partial charge in [0.05, 0.1) is 6.61 Å². The molecule has 13 heavy (non-hydrogen) atoms. The molecule has 0 aliphatic rings. The zero-order valence-corrected chi connectivity index (χ0v) is 9.16. The largest absolute Gasteiger partial charge is 0.395 e. The first kappa shape index (κ1) is 10.7. The number of rotatable bonds is 3. The van der Waals surface area contributed by atoms with Crippen LogP contribution in [0.4, 0.5) is 0 Å². The van der Waals surface area contributed by atoms with Gasteiger partial charge in [0.25, 0.3) is 0 Å². The average molecular weight is 244 g/mol. The van der Waals surface area contributed by atoms with E-state index in [2.05, 4.69) is 15.9 Å². The third kappa shape index (κ3) is 2.53. The molecular weight excluding hydrogens is 230 g/mol. The van der Waals surface area contributed by atoms with E-state index in [1.807, 2.05) is 31.2 Å². The molecule has 0 heterocycles. The molecule has 2 unspecified atom stereocenters. The Kier molecular flexibility index (Phi) is 3.90. The Morgan fingerprint density at radius 1 is 1.46 bits per heavy atom. The van der Waals surface area contributed by atoms with Crippen molar-refractivity contribution in [2.75, 3.05) is 6.61 Å². The summed E-state index contributed by atoms with van der Waals surface area (Å²) >= 11 is 3.46. The van der Waals surface area contributed by atoms with E-state index < -0.39 is 0 Å². The van der Waals surface area contributed by atoms with Crippen molar-refractivity contribution < 1.29 is 5.11 Å². The van der Waals surface area contributed by atoms with Crippen LogP contribution in [0.2, 0.25) is 0 Å². The van der Waals surface area contributed by atoms with E-state index in [4.69, 9.17) is 10.8 Å². The Bertz CT molecular complexity index is 277. The lowest BCUT2D eigenvalue weighted by molar-refractivity contribution is 0.252. The summed E-state index contributed by atoms with van der Waals surface area (Å²) < 4.78 is 1.05. The number of hydrogen-bond donors (Lipinski definition) is 2. The molecule has 1 rings (SSSR count). The fourth-order valence-corrected chi connectivity index (χ4v) is 1.88. The van der Waals surface area contributed by atoms with E-state index in [1.54, 1.807) is 0 Å². The highest BCUT2D eigenvalue weighted by atomic mass is 79.9. The number of halogens is 1. The number of benzene rings is 1. The van der Waals surface area contributed by atoms with Gasteiger partial charge in [-0.25, -0.2) is 0 Å². The van der Waals surface area contributed by atoms with Crippen LogP contribution in [-0.2, 0) is 0 Å². The lowest BCUT2D eigenvalue weighted by Gasteiger charge is -2.19. The molecule has 0 saturated carbocycles. The van der Waals surface area contributed by atoms with Crippen LogP contribution in [0.5, 0.6) is 0 Å². The molecule has 2 nitrogen and oxygen atoms in total. The monoisotopic (exact) mass is 243 g/mol. The molecule has 0 radical (unpaired) electrons. The molecule has 1 aromatic rings. The molecular formula is C10H14BrNO. The van der Waals surface area contributed by atoms with Crippen molar-refractivity contribution in [1.82, 2.24) is 0 Å². The second kappa shape index (κ2) is 4.74. The van der Waals surface area contributed by atoms with Gasteiger partial charge in [-0.05, 0) is 17.5 Å². The zero-order valence-electron chi connectivity index (χ0n) is 7.57. The second-order valence-corrected chi connectivity index (χ2v) is 4.01. The molecule has 72 valence electrons. The summed E-state index contributed by atoms with van der Waals surface area (Å²) in [5.41, 5.74) is 6.89. The van der Waals surface area contributed by atoms with Crippen LogP contribution in [-0.4, -0.2) is 17.8 Å². The summed E-state index contributed by atoms with van der Waals surface area (Å²) in [6, 6.07) is 7.74. The fraction of sp³-hybridized carbons (Fsp3) is 0.400. The van der Waals surface area contributed by atoms with Gasteiger partial charge in [-0.1, -0.05) is 41.1 Å². The van der Waals surface area contributed by atoms with Gasteiger partial charge in [0.1, 0.15) is 0 Å². The molecule has 0 spiro atoms. The molecule has 3 N–H and O–H groups in total. The number of aliphatic hydroxyl groups excluding tert-OH is 1. The zero-order chi connectivity index (χ0) is 9.84. The minimum atomic E-state index is -0.196. The van der Waals surface area contributed by atoms with E-state index in [1.165, 1.54) is 0 Å². The molecule has 0 bridgehead atoms. The summed E-state index contributed by atoms with van der Waals surface area (Å²) in [6.07, 6.45) is 0. The molecule has 0 fully saturated rings. The first-order valence-electron chi connectivity index (χ1n) is 4.27. The van der Waals surface area contributed by atoms with Crippen LogP contribution in [0, 0.1) is 0 Å². The Labute approximate surface area is 86.9 Å². The number of nitrogens with two attached hydrogens (primary N) is 1. The van der Waals surface area contributed by atoms with Crippen molar-refractivity contribution in [2.24, 2.45) is 5.73 Å². The van der Waals surface area contributed by atoms with E-state index in [-0.39, 0.29) is 18.6 Å². The summed E-state index contributed by atoms with van der Waals surface area (Å²) in [5, 5.41) is 8.92. The third-order valence-electron chi connectivity index (χ3n) is 2.25. The number of hydrogen-bond acceptors (Lipinski definition) is 2. The predicted octanol–water partition coefficient (Wildman–Crippen LogP) is 1.87. The molecule has 0 saturated heterocycles. The first-order chi connectivity index (χ1) is 6.16. The maximum Gasteiger partial charge on any atom is 0.0588 e. The Morgan fingerprint density at radius 3 is 2.62 bits per heavy atom.